The van der Waals surface area contributed by atoms with Gasteiger partial charge in [0.1, 0.15) is 11.9 Å². The van der Waals surface area contributed by atoms with Gasteiger partial charge in [-0.3, -0.25) is 9.80 Å². The van der Waals surface area contributed by atoms with Crippen LogP contribution in [-0.4, -0.2) is 43.8 Å². The lowest BCUT2D eigenvalue weighted by atomic mass is 9.91. The molecule has 2 fully saturated rings. The normalized spacial score (nSPS) is 27.5. The van der Waals surface area contributed by atoms with Crippen LogP contribution in [0.1, 0.15) is 24.3 Å². The van der Waals surface area contributed by atoms with Crippen molar-refractivity contribution in [2.45, 2.75) is 24.9 Å². The van der Waals surface area contributed by atoms with Crippen molar-refractivity contribution in [3.05, 3.63) is 41.6 Å². The molecule has 3 N–H and O–H groups in total. The van der Waals surface area contributed by atoms with Crippen LogP contribution in [0, 0.1) is 5.92 Å². The molecule has 3 heterocycles. The van der Waals surface area contributed by atoms with Crippen LogP contribution in [0.5, 0.6) is 5.75 Å². The number of hydrogen-bond donors (Lipinski definition) is 3. The fraction of sp³-hybridized carbons (Fsp3) is 0.500. The molecule has 4 rings (SSSR count). The molecule has 2 saturated heterocycles. The Bertz CT molecular complexity index is 654. The van der Waals surface area contributed by atoms with Gasteiger partial charge in [0.2, 0.25) is 5.91 Å². The van der Waals surface area contributed by atoms with Crippen molar-refractivity contribution in [1.82, 2.24) is 21.1 Å². The van der Waals surface area contributed by atoms with E-state index in [4.69, 9.17) is 4.74 Å². The Morgan fingerprint density at radius 1 is 1.25 bits per heavy atom. The van der Waals surface area contributed by atoms with Gasteiger partial charge in [0.25, 0.3) is 0 Å². The highest BCUT2D eigenvalue weighted by Gasteiger charge is 2.41. The predicted molar refractivity (Wildman–Crippen MR) is 91.2 cm³/mol. The van der Waals surface area contributed by atoms with Gasteiger partial charge in [0, 0.05) is 30.2 Å². The quantitative estimate of drug-likeness (QED) is 0.771. The fourth-order valence-electron chi connectivity index (χ4n) is 4.00. The van der Waals surface area contributed by atoms with Crippen molar-refractivity contribution in [2.75, 3.05) is 26.7 Å². The molecule has 2 unspecified atom stereocenters. The monoisotopic (exact) mass is 328 g/mol. The molecule has 3 aliphatic heterocycles. The summed E-state index contributed by atoms with van der Waals surface area (Å²) >= 11 is 0. The smallest absolute Gasteiger partial charge is 0.247 e. The SMILES string of the molecule is COc1cccc(C2CNN3C(C4CCNCC4)=CC(=O)NC23)c1. The van der Waals surface area contributed by atoms with Crippen LogP contribution in [0.4, 0.5) is 0 Å². The number of rotatable bonds is 3. The van der Waals surface area contributed by atoms with Crippen LogP contribution >= 0.6 is 0 Å². The third kappa shape index (κ3) is 2.76. The lowest BCUT2D eigenvalue weighted by Gasteiger charge is -2.39. The maximum atomic E-state index is 12.3. The second-order valence-electron chi connectivity index (χ2n) is 6.66. The summed E-state index contributed by atoms with van der Waals surface area (Å²) in [7, 11) is 1.68. The topological polar surface area (TPSA) is 65.6 Å². The summed E-state index contributed by atoms with van der Waals surface area (Å²) < 4.78 is 5.35. The first-order chi connectivity index (χ1) is 11.8. The van der Waals surface area contributed by atoms with Crippen LogP contribution in [0.3, 0.4) is 0 Å². The zero-order valence-electron chi connectivity index (χ0n) is 13.9. The van der Waals surface area contributed by atoms with E-state index in [1.54, 1.807) is 13.2 Å². The number of nitrogens with one attached hydrogen (secondary N) is 3. The predicted octanol–water partition coefficient (Wildman–Crippen LogP) is 0.938. The second kappa shape index (κ2) is 6.45. The Morgan fingerprint density at radius 2 is 2.08 bits per heavy atom. The molecule has 0 spiro atoms. The van der Waals surface area contributed by atoms with Gasteiger partial charge in [-0.25, -0.2) is 5.43 Å². The van der Waals surface area contributed by atoms with E-state index in [1.165, 1.54) is 5.56 Å². The van der Waals surface area contributed by atoms with E-state index in [9.17, 15) is 4.79 Å². The highest BCUT2D eigenvalue weighted by molar-refractivity contribution is 5.89. The standard InChI is InChI=1S/C18H24N4O2/c1-24-14-4-2-3-13(9-14)15-11-20-22-16(10-17(23)21-18(15)22)12-5-7-19-8-6-12/h2-4,9-10,12,15,18-20H,5-8,11H2,1H3,(H,21,23). The number of ether oxygens (including phenoxy) is 1. The molecular weight excluding hydrogens is 304 g/mol. The van der Waals surface area contributed by atoms with E-state index in [2.05, 4.69) is 33.2 Å². The molecule has 3 aliphatic rings. The molecule has 128 valence electrons. The number of amides is 1. The minimum absolute atomic E-state index is 0.0152. The summed E-state index contributed by atoms with van der Waals surface area (Å²) in [4.78, 5) is 12.3. The van der Waals surface area contributed by atoms with Crippen LogP contribution < -0.4 is 20.8 Å². The van der Waals surface area contributed by atoms with Gasteiger partial charge in [-0.15, -0.1) is 0 Å². The summed E-state index contributed by atoms with van der Waals surface area (Å²) in [6.07, 6.45) is 3.88. The van der Waals surface area contributed by atoms with E-state index in [-0.39, 0.29) is 18.0 Å². The first-order valence-corrected chi connectivity index (χ1v) is 8.66. The molecule has 6 heteroatoms. The Morgan fingerprint density at radius 3 is 2.88 bits per heavy atom. The van der Waals surface area contributed by atoms with Crippen LogP contribution in [0.2, 0.25) is 0 Å². The van der Waals surface area contributed by atoms with E-state index in [0.717, 1.165) is 43.9 Å². The number of benzene rings is 1. The molecule has 0 bridgehead atoms. The molecule has 2 atom stereocenters. The Hall–Kier alpha value is -2.05. The van der Waals surface area contributed by atoms with E-state index < -0.39 is 0 Å². The molecule has 0 saturated carbocycles. The van der Waals surface area contributed by atoms with Crippen LogP contribution in [0.25, 0.3) is 0 Å². The van der Waals surface area contributed by atoms with Crippen molar-refractivity contribution >= 4 is 5.91 Å². The first kappa shape index (κ1) is 15.5. The van der Waals surface area contributed by atoms with Crippen molar-refractivity contribution < 1.29 is 9.53 Å². The van der Waals surface area contributed by atoms with Crippen molar-refractivity contribution in [3.8, 4) is 5.75 Å². The van der Waals surface area contributed by atoms with Gasteiger partial charge in [-0.05, 0) is 43.6 Å². The highest BCUT2D eigenvalue weighted by Crippen LogP contribution is 2.35. The minimum Gasteiger partial charge on any atom is -0.497 e. The summed E-state index contributed by atoms with van der Waals surface area (Å²) in [5.41, 5.74) is 5.82. The van der Waals surface area contributed by atoms with Crippen LogP contribution in [0.15, 0.2) is 36.0 Å². The summed E-state index contributed by atoms with van der Waals surface area (Å²) in [5.74, 6) is 1.51. The van der Waals surface area contributed by atoms with Gasteiger partial charge in [-0.2, -0.15) is 0 Å². The van der Waals surface area contributed by atoms with E-state index >= 15 is 0 Å². The minimum atomic E-state index is -0.0421. The van der Waals surface area contributed by atoms with Gasteiger partial charge in [-0.1, -0.05) is 12.1 Å². The molecule has 0 radical (unpaired) electrons. The van der Waals surface area contributed by atoms with E-state index in [1.807, 2.05) is 12.1 Å². The first-order valence-electron chi connectivity index (χ1n) is 8.66. The maximum Gasteiger partial charge on any atom is 0.247 e. The maximum absolute atomic E-state index is 12.3. The fourth-order valence-corrected chi connectivity index (χ4v) is 4.00. The van der Waals surface area contributed by atoms with E-state index in [0.29, 0.717) is 5.92 Å². The zero-order chi connectivity index (χ0) is 16.5. The largest absolute Gasteiger partial charge is 0.497 e. The number of hydrogen-bond acceptors (Lipinski definition) is 5. The Kier molecular flexibility index (Phi) is 4.16. The molecule has 24 heavy (non-hydrogen) atoms. The molecule has 6 nitrogen and oxygen atoms in total. The lowest BCUT2D eigenvalue weighted by molar-refractivity contribution is -0.119. The molecule has 1 amide bonds. The number of fused-ring (bicyclic) bond motifs is 1. The summed E-state index contributed by atoms with van der Waals surface area (Å²) in [6, 6.07) is 8.12. The number of hydrazine groups is 1. The average Bonchev–Trinajstić information content (AvgIpc) is 3.05. The third-order valence-electron chi connectivity index (χ3n) is 5.27. The average molecular weight is 328 g/mol. The number of allylic oxidation sites excluding steroid dienone is 1. The second-order valence-corrected chi connectivity index (χ2v) is 6.66. The van der Waals surface area contributed by atoms with Crippen molar-refractivity contribution in [1.29, 1.82) is 0 Å². The van der Waals surface area contributed by atoms with Gasteiger partial charge in [0.05, 0.1) is 7.11 Å². The molecule has 1 aromatic carbocycles. The summed E-state index contributed by atoms with van der Waals surface area (Å²) in [5, 5.41) is 8.70. The zero-order valence-corrected chi connectivity index (χ0v) is 13.9. The van der Waals surface area contributed by atoms with Gasteiger partial charge >= 0.3 is 0 Å². The number of carbonyl (C=O) groups excluding carboxylic acids is 1. The lowest BCUT2D eigenvalue weighted by Crippen LogP contribution is -2.53. The Balaban J connectivity index is 1.60. The number of carbonyl (C=O) groups is 1. The molecule has 0 aliphatic carbocycles. The Labute approximate surface area is 142 Å². The van der Waals surface area contributed by atoms with Gasteiger partial charge in [0.15, 0.2) is 0 Å². The van der Waals surface area contributed by atoms with Crippen molar-refractivity contribution in [2.24, 2.45) is 5.92 Å². The van der Waals surface area contributed by atoms with Gasteiger partial charge < -0.3 is 15.4 Å². The van der Waals surface area contributed by atoms with Crippen molar-refractivity contribution in [3.63, 3.8) is 0 Å². The molecule has 1 aromatic rings. The molecular formula is C18H24N4O2. The molecule has 0 aromatic heterocycles. The number of nitrogens with zero attached hydrogens (tertiary/aromatic N) is 1. The summed E-state index contributed by atoms with van der Waals surface area (Å²) in [6.45, 7) is 2.84. The number of methoxy groups -OCH3 is 1. The highest BCUT2D eigenvalue weighted by atomic mass is 16.5. The van der Waals surface area contributed by atoms with Crippen LogP contribution in [-0.2, 0) is 4.79 Å². The number of piperidine rings is 1. The third-order valence-corrected chi connectivity index (χ3v) is 5.27.